The molecule has 2 N–H and O–H groups in total. The molecule has 0 aliphatic heterocycles. The number of rotatable bonds is 9. The summed E-state index contributed by atoms with van der Waals surface area (Å²) in [6, 6.07) is 10.4. The van der Waals surface area contributed by atoms with Crippen LogP contribution in [0.2, 0.25) is 0 Å². The zero-order valence-corrected chi connectivity index (χ0v) is 13.7. The topological polar surface area (TPSA) is 81.2 Å². The van der Waals surface area contributed by atoms with Crippen molar-refractivity contribution in [2.24, 2.45) is 0 Å². The molecule has 0 aliphatic carbocycles. The smallest absolute Gasteiger partial charge is 0.322 e. The van der Waals surface area contributed by atoms with Gasteiger partial charge in [-0.15, -0.1) is 0 Å². The van der Waals surface area contributed by atoms with Crippen molar-refractivity contribution in [2.75, 3.05) is 37.5 Å². The molecule has 0 radical (unpaired) electrons. The normalized spacial score (nSPS) is 11.8. The molecule has 2 aromatic rings. The predicted octanol–water partition coefficient (Wildman–Crippen LogP) is 2.50. The highest BCUT2D eigenvalue weighted by molar-refractivity contribution is 5.38. The van der Waals surface area contributed by atoms with Crippen molar-refractivity contribution >= 4 is 11.9 Å². The fraction of sp³-hybridized carbons (Fsp3) is 0.438. The molecule has 1 unspecified atom stereocenters. The molecule has 0 saturated carbocycles. The molecule has 2 rings (SSSR count). The molecule has 0 fully saturated rings. The van der Waals surface area contributed by atoms with Crippen molar-refractivity contribution < 1.29 is 9.47 Å². The molecule has 1 aromatic heterocycles. The maximum Gasteiger partial charge on any atom is 0.322 e. The molecule has 0 bridgehead atoms. The van der Waals surface area contributed by atoms with Gasteiger partial charge in [-0.3, -0.25) is 0 Å². The highest BCUT2D eigenvalue weighted by Crippen LogP contribution is 2.18. The SMILES string of the molecule is CCOCCNc1nc(NC(C)c2ccccc2)nc(OC)n1. The lowest BCUT2D eigenvalue weighted by Crippen LogP contribution is -2.15. The number of hydrogen-bond acceptors (Lipinski definition) is 7. The second-order valence-corrected chi connectivity index (χ2v) is 4.87. The van der Waals surface area contributed by atoms with Crippen LogP contribution in [-0.2, 0) is 4.74 Å². The summed E-state index contributed by atoms with van der Waals surface area (Å²) in [7, 11) is 1.53. The van der Waals surface area contributed by atoms with E-state index >= 15 is 0 Å². The van der Waals surface area contributed by atoms with Gasteiger partial charge in [0.1, 0.15) is 0 Å². The van der Waals surface area contributed by atoms with Gasteiger partial charge in [-0.2, -0.15) is 15.0 Å². The Morgan fingerprint density at radius 3 is 2.52 bits per heavy atom. The minimum atomic E-state index is 0.0691. The molecule has 1 heterocycles. The molecular weight excluding hydrogens is 294 g/mol. The average molecular weight is 317 g/mol. The van der Waals surface area contributed by atoms with Crippen LogP contribution in [0.5, 0.6) is 6.01 Å². The molecule has 0 amide bonds. The number of hydrogen-bond donors (Lipinski definition) is 2. The summed E-state index contributed by atoms with van der Waals surface area (Å²) in [5.41, 5.74) is 1.15. The molecule has 7 nitrogen and oxygen atoms in total. The van der Waals surface area contributed by atoms with E-state index in [0.29, 0.717) is 31.7 Å². The van der Waals surface area contributed by atoms with Crippen molar-refractivity contribution in [3.05, 3.63) is 35.9 Å². The third-order valence-corrected chi connectivity index (χ3v) is 3.18. The minimum Gasteiger partial charge on any atom is -0.467 e. The lowest BCUT2D eigenvalue weighted by atomic mass is 10.1. The molecule has 0 saturated heterocycles. The zero-order chi connectivity index (χ0) is 16.5. The van der Waals surface area contributed by atoms with Gasteiger partial charge < -0.3 is 20.1 Å². The van der Waals surface area contributed by atoms with Gasteiger partial charge in [0.2, 0.25) is 11.9 Å². The number of ether oxygens (including phenoxy) is 2. The van der Waals surface area contributed by atoms with Crippen molar-refractivity contribution in [2.45, 2.75) is 19.9 Å². The largest absolute Gasteiger partial charge is 0.467 e. The molecular formula is C16H23N5O2. The zero-order valence-electron chi connectivity index (χ0n) is 13.7. The van der Waals surface area contributed by atoms with Crippen molar-refractivity contribution in [3.8, 4) is 6.01 Å². The first-order chi connectivity index (χ1) is 11.2. The Hall–Kier alpha value is -2.41. The van der Waals surface area contributed by atoms with E-state index in [-0.39, 0.29) is 12.1 Å². The van der Waals surface area contributed by atoms with Gasteiger partial charge >= 0.3 is 6.01 Å². The van der Waals surface area contributed by atoms with Crippen LogP contribution in [0.3, 0.4) is 0 Å². The molecule has 7 heteroatoms. The van der Waals surface area contributed by atoms with E-state index in [1.54, 1.807) is 0 Å². The Labute approximate surface area is 136 Å². The fourth-order valence-corrected chi connectivity index (χ4v) is 1.99. The Morgan fingerprint density at radius 1 is 1.09 bits per heavy atom. The third-order valence-electron chi connectivity index (χ3n) is 3.18. The standard InChI is InChI=1S/C16H23N5O2/c1-4-23-11-10-17-14-19-15(21-16(20-14)22-3)18-12(2)13-8-6-5-7-9-13/h5-9,12H,4,10-11H2,1-3H3,(H2,17,18,19,20,21). The van der Waals surface area contributed by atoms with E-state index in [4.69, 9.17) is 9.47 Å². The highest BCUT2D eigenvalue weighted by Gasteiger charge is 2.10. The van der Waals surface area contributed by atoms with Gasteiger partial charge in [0.25, 0.3) is 0 Å². The Kier molecular flexibility index (Phi) is 6.56. The molecule has 1 aromatic carbocycles. The van der Waals surface area contributed by atoms with Crippen LogP contribution in [0.4, 0.5) is 11.9 Å². The van der Waals surface area contributed by atoms with Gasteiger partial charge in [-0.1, -0.05) is 30.3 Å². The summed E-state index contributed by atoms with van der Waals surface area (Å²) in [6.45, 7) is 5.90. The first-order valence-electron chi connectivity index (χ1n) is 7.66. The van der Waals surface area contributed by atoms with Gasteiger partial charge in [-0.05, 0) is 19.4 Å². The molecule has 1 atom stereocenters. The summed E-state index contributed by atoms with van der Waals surface area (Å²) in [6.07, 6.45) is 0. The number of nitrogens with zero attached hydrogens (tertiary/aromatic N) is 3. The summed E-state index contributed by atoms with van der Waals surface area (Å²) in [5, 5.41) is 6.36. The lowest BCUT2D eigenvalue weighted by Gasteiger charge is -2.15. The van der Waals surface area contributed by atoms with Gasteiger partial charge in [-0.25, -0.2) is 0 Å². The molecule has 0 spiro atoms. The van der Waals surface area contributed by atoms with Gasteiger partial charge in [0.15, 0.2) is 0 Å². The second kappa shape index (κ2) is 8.89. The van der Waals surface area contributed by atoms with E-state index < -0.39 is 0 Å². The Bertz CT molecular complexity index is 594. The third kappa shape index (κ3) is 5.37. The molecule has 124 valence electrons. The van der Waals surface area contributed by atoms with Crippen LogP contribution in [0, 0.1) is 0 Å². The van der Waals surface area contributed by atoms with Crippen LogP contribution < -0.4 is 15.4 Å². The quantitative estimate of drug-likeness (QED) is 0.688. The van der Waals surface area contributed by atoms with Crippen LogP contribution in [0.15, 0.2) is 30.3 Å². The van der Waals surface area contributed by atoms with Crippen molar-refractivity contribution in [3.63, 3.8) is 0 Å². The number of benzene rings is 1. The van der Waals surface area contributed by atoms with E-state index in [1.165, 1.54) is 7.11 Å². The number of nitrogens with one attached hydrogen (secondary N) is 2. The van der Waals surface area contributed by atoms with Crippen LogP contribution in [0.1, 0.15) is 25.5 Å². The maximum atomic E-state index is 5.28. The van der Waals surface area contributed by atoms with E-state index in [9.17, 15) is 0 Å². The lowest BCUT2D eigenvalue weighted by molar-refractivity contribution is 0.158. The van der Waals surface area contributed by atoms with Crippen molar-refractivity contribution in [1.29, 1.82) is 0 Å². The first-order valence-corrected chi connectivity index (χ1v) is 7.66. The molecule has 0 aliphatic rings. The second-order valence-electron chi connectivity index (χ2n) is 4.87. The van der Waals surface area contributed by atoms with E-state index in [1.807, 2.05) is 32.0 Å². The number of anilines is 2. The minimum absolute atomic E-state index is 0.0691. The summed E-state index contributed by atoms with van der Waals surface area (Å²) in [4.78, 5) is 12.8. The maximum absolute atomic E-state index is 5.28. The fourth-order valence-electron chi connectivity index (χ4n) is 1.99. The highest BCUT2D eigenvalue weighted by atomic mass is 16.5. The van der Waals surface area contributed by atoms with Gasteiger partial charge in [0.05, 0.1) is 19.8 Å². The summed E-state index contributed by atoms with van der Waals surface area (Å²) in [5.74, 6) is 0.923. The van der Waals surface area contributed by atoms with Crippen LogP contribution in [-0.4, -0.2) is 41.8 Å². The van der Waals surface area contributed by atoms with Crippen LogP contribution >= 0.6 is 0 Å². The summed E-state index contributed by atoms with van der Waals surface area (Å²) < 4.78 is 10.4. The summed E-state index contributed by atoms with van der Waals surface area (Å²) >= 11 is 0. The predicted molar refractivity (Wildman–Crippen MR) is 89.8 cm³/mol. The van der Waals surface area contributed by atoms with Crippen LogP contribution in [0.25, 0.3) is 0 Å². The molecule has 23 heavy (non-hydrogen) atoms. The number of methoxy groups -OCH3 is 1. The number of aromatic nitrogens is 3. The Balaban J connectivity index is 2.05. The first kappa shape index (κ1) is 17.0. The average Bonchev–Trinajstić information content (AvgIpc) is 2.59. The van der Waals surface area contributed by atoms with E-state index in [0.717, 1.165) is 5.56 Å². The monoisotopic (exact) mass is 317 g/mol. The van der Waals surface area contributed by atoms with E-state index in [2.05, 4.69) is 37.7 Å². The van der Waals surface area contributed by atoms with Crippen molar-refractivity contribution in [1.82, 2.24) is 15.0 Å². The van der Waals surface area contributed by atoms with Gasteiger partial charge in [0, 0.05) is 13.2 Å². The Morgan fingerprint density at radius 2 is 1.83 bits per heavy atom.